The molecule has 1 aromatic carbocycles. The van der Waals surface area contributed by atoms with Crippen LogP contribution in [0.1, 0.15) is 30.4 Å². The summed E-state index contributed by atoms with van der Waals surface area (Å²) in [5.74, 6) is 1.43. The van der Waals surface area contributed by atoms with Gasteiger partial charge in [-0.2, -0.15) is 0 Å². The van der Waals surface area contributed by atoms with E-state index in [1.54, 1.807) is 12.1 Å². The van der Waals surface area contributed by atoms with Crippen LogP contribution in [0.3, 0.4) is 0 Å². The van der Waals surface area contributed by atoms with Crippen molar-refractivity contribution in [3.8, 4) is 5.75 Å². The fourth-order valence-electron chi connectivity index (χ4n) is 1.96. The number of nitrogens with one attached hydrogen (secondary N) is 1. The SMILES string of the molecule is CCCNCc1oc(COc2ccc(Br)cc2F)cc1C. The molecule has 0 unspecified atom stereocenters. The molecule has 0 aliphatic rings. The van der Waals surface area contributed by atoms with E-state index >= 15 is 0 Å². The van der Waals surface area contributed by atoms with E-state index in [1.807, 2.05) is 13.0 Å². The van der Waals surface area contributed by atoms with Crippen LogP contribution in [-0.2, 0) is 13.2 Å². The van der Waals surface area contributed by atoms with E-state index in [0.29, 0.717) is 16.8 Å². The standard InChI is InChI=1S/C16H19BrFNO2/c1-3-6-19-9-16-11(2)7-13(21-16)10-20-15-5-4-12(17)8-14(15)18/h4-5,7-8,19H,3,6,9-10H2,1-2H3. The average Bonchev–Trinajstić information content (AvgIpc) is 2.79. The molecule has 2 rings (SSSR count). The van der Waals surface area contributed by atoms with Gasteiger partial charge < -0.3 is 14.5 Å². The number of aryl methyl sites for hydroxylation is 1. The maximum atomic E-state index is 13.6. The van der Waals surface area contributed by atoms with Gasteiger partial charge in [0.15, 0.2) is 11.6 Å². The first-order chi connectivity index (χ1) is 10.1. The summed E-state index contributed by atoms with van der Waals surface area (Å²) in [6.07, 6.45) is 1.08. The Morgan fingerprint density at radius 1 is 1.33 bits per heavy atom. The highest BCUT2D eigenvalue weighted by atomic mass is 79.9. The lowest BCUT2D eigenvalue weighted by molar-refractivity contribution is 0.254. The van der Waals surface area contributed by atoms with Crippen molar-refractivity contribution in [1.82, 2.24) is 5.32 Å². The quantitative estimate of drug-likeness (QED) is 0.738. The molecule has 2 aromatic rings. The third-order valence-electron chi connectivity index (χ3n) is 3.05. The number of hydrogen-bond donors (Lipinski definition) is 1. The van der Waals surface area contributed by atoms with Gasteiger partial charge in [-0.05, 0) is 49.7 Å². The molecule has 21 heavy (non-hydrogen) atoms. The highest BCUT2D eigenvalue weighted by molar-refractivity contribution is 9.10. The van der Waals surface area contributed by atoms with Crippen LogP contribution in [0.25, 0.3) is 0 Å². The topological polar surface area (TPSA) is 34.4 Å². The Hall–Kier alpha value is -1.33. The van der Waals surface area contributed by atoms with E-state index in [-0.39, 0.29) is 12.4 Å². The van der Waals surface area contributed by atoms with Crippen molar-refractivity contribution in [2.75, 3.05) is 6.54 Å². The van der Waals surface area contributed by atoms with Crippen molar-refractivity contribution in [1.29, 1.82) is 0 Å². The van der Waals surface area contributed by atoms with Crippen molar-refractivity contribution in [3.63, 3.8) is 0 Å². The largest absolute Gasteiger partial charge is 0.483 e. The first-order valence-electron chi connectivity index (χ1n) is 6.97. The average molecular weight is 356 g/mol. The summed E-state index contributed by atoms with van der Waals surface area (Å²) in [5.41, 5.74) is 1.08. The number of benzene rings is 1. The van der Waals surface area contributed by atoms with Gasteiger partial charge in [0.2, 0.25) is 0 Å². The number of ether oxygens (including phenoxy) is 1. The zero-order valence-electron chi connectivity index (χ0n) is 12.2. The van der Waals surface area contributed by atoms with Crippen LogP contribution in [0.15, 0.2) is 33.2 Å². The van der Waals surface area contributed by atoms with Gasteiger partial charge >= 0.3 is 0 Å². The van der Waals surface area contributed by atoms with Gasteiger partial charge in [-0.15, -0.1) is 0 Å². The van der Waals surface area contributed by atoms with E-state index < -0.39 is 5.82 Å². The second-order valence-electron chi connectivity index (χ2n) is 4.86. The minimum Gasteiger partial charge on any atom is -0.483 e. The fourth-order valence-corrected chi connectivity index (χ4v) is 2.29. The third kappa shape index (κ3) is 4.58. The van der Waals surface area contributed by atoms with E-state index in [2.05, 4.69) is 28.2 Å². The fraction of sp³-hybridized carbons (Fsp3) is 0.375. The molecule has 0 spiro atoms. The molecule has 0 radical (unpaired) electrons. The molecular weight excluding hydrogens is 337 g/mol. The highest BCUT2D eigenvalue weighted by Crippen LogP contribution is 2.23. The Morgan fingerprint density at radius 3 is 2.86 bits per heavy atom. The first kappa shape index (κ1) is 16.0. The van der Waals surface area contributed by atoms with Crippen molar-refractivity contribution in [2.45, 2.75) is 33.4 Å². The normalized spacial score (nSPS) is 10.9. The van der Waals surface area contributed by atoms with Crippen LogP contribution in [0, 0.1) is 12.7 Å². The molecule has 0 aliphatic heterocycles. The molecule has 0 amide bonds. The van der Waals surface area contributed by atoms with Crippen molar-refractivity contribution in [3.05, 3.63) is 51.6 Å². The second kappa shape index (κ2) is 7.61. The van der Waals surface area contributed by atoms with Crippen LogP contribution < -0.4 is 10.1 Å². The monoisotopic (exact) mass is 355 g/mol. The summed E-state index contributed by atoms with van der Waals surface area (Å²) < 4.78 is 25.5. The number of halogens is 2. The summed E-state index contributed by atoms with van der Waals surface area (Å²) in [4.78, 5) is 0. The zero-order valence-corrected chi connectivity index (χ0v) is 13.8. The third-order valence-corrected chi connectivity index (χ3v) is 3.54. The van der Waals surface area contributed by atoms with Gasteiger partial charge in [-0.3, -0.25) is 0 Å². The van der Waals surface area contributed by atoms with Gasteiger partial charge in [0.25, 0.3) is 0 Å². The lowest BCUT2D eigenvalue weighted by Crippen LogP contribution is -2.13. The van der Waals surface area contributed by atoms with E-state index in [9.17, 15) is 4.39 Å². The van der Waals surface area contributed by atoms with E-state index in [0.717, 1.165) is 24.3 Å². The first-order valence-corrected chi connectivity index (χ1v) is 7.76. The summed E-state index contributed by atoms with van der Waals surface area (Å²) >= 11 is 3.21. The maximum absolute atomic E-state index is 13.6. The molecule has 1 N–H and O–H groups in total. The highest BCUT2D eigenvalue weighted by Gasteiger charge is 2.09. The molecular formula is C16H19BrFNO2. The molecule has 114 valence electrons. The van der Waals surface area contributed by atoms with E-state index in [4.69, 9.17) is 9.15 Å². The molecule has 0 bridgehead atoms. The Balaban J connectivity index is 1.95. The molecule has 0 saturated carbocycles. The molecule has 1 aromatic heterocycles. The molecule has 3 nitrogen and oxygen atoms in total. The Morgan fingerprint density at radius 2 is 2.14 bits per heavy atom. The lowest BCUT2D eigenvalue weighted by Gasteiger charge is -2.05. The number of rotatable bonds is 7. The van der Waals surface area contributed by atoms with Crippen LogP contribution in [0.5, 0.6) is 5.75 Å². The Labute approximate surface area is 132 Å². The molecule has 0 aliphatic carbocycles. The second-order valence-corrected chi connectivity index (χ2v) is 5.77. The predicted molar refractivity (Wildman–Crippen MR) is 83.9 cm³/mol. The van der Waals surface area contributed by atoms with Gasteiger partial charge in [0.05, 0.1) is 6.54 Å². The minimum absolute atomic E-state index is 0.215. The smallest absolute Gasteiger partial charge is 0.166 e. The van der Waals surface area contributed by atoms with Crippen molar-refractivity contribution < 1.29 is 13.5 Å². The molecule has 1 heterocycles. The van der Waals surface area contributed by atoms with Crippen molar-refractivity contribution >= 4 is 15.9 Å². The van der Waals surface area contributed by atoms with Crippen LogP contribution in [0.4, 0.5) is 4.39 Å². The Kier molecular flexibility index (Phi) is 5.82. The molecule has 0 atom stereocenters. The predicted octanol–water partition coefficient (Wildman–Crippen LogP) is 4.57. The van der Waals surface area contributed by atoms with Gasteiger partial charge in [0, 0.05) is 4.47 Å². The van der Waals surface area contributed by atoms with Crippen LogP contribution >= 0.6 is 15.9 Å². The van der Waals surface area contributed by atoms with Crippen molar-refractivity contribution in [2.24, 2.45) is 0 Å². The molecule has 0 fully saturated rings. The van der Waals surface area contributed by atoms with Crippen LogP contribution in [-0.4, -0.2) is 6.54 Å². The molecule has 0 saturated heterocycles. The van der Waals surface area contributed by atoms with Gasteiger partial charge in [0.1, 0.15) is 18.1 Å². The Bertz CT molecular complexity index is 598. The number of hydrogen-bond acceptors (Lipinski definition) is 3. The van der Waals surface area contributed by atoms with E-state index in [1.165, 1.54) is 6.07 Å². The maximum Gasteiger partial charge on any atom is 0.166 e. The zero-order chi connectivity index (χ0) is 15.2. The minimum atomic E-state index is -0.391. The van der Waals surface area contributed by atoms with Crippen LogP contribution in [0.2, 0.25) is 0 Å². The summed E-state index contributed by atoms with van der Waals surface area (Å²) in [6.45, 7) is 5.99. The summed E-state index contributed by atoms with van der Waals surface area (Å²) in [6, 6.07) is 6.65. The van der Waals surface area contributed by atoms with Gasteiger partial charge in [-0.1, -0.05) is 22.9 Å². The summed E-state index contributed by atoms with van der Waals surface area (Å²) in [5, 5.41) is 3.29. The van der Waals surface area contributed by atoms with Gasteiger partial charge in [-0.25, -0.2) is 4.39 Å². The summed E-state index contributed by atoms with van der Waals surface area (Å²) in [7, 11) is 0. The molecule has 5 heteroatoms. The lowest BCUT2D eigenvalue weighted by atomic mass is 10.2. The number of furan rings is 1.